The summed E-state index contributed by atoms with van der Waals surface area (Å²) in [6, 6.07) is 11.9. The van der Waals surface area contributed by atoms with Gasteiger partial charge in [-0.3, -0.25) is 4.79 Å². The molecule has 0 aliphatic heterocycles. The molecule has 1 amide bonds. The predicted octanol–water partition coefficient (Wildman–Crippen LogP) is 3.21. The molecule has 0 saturated heterocycles. The average molecular weight is 316 g/mol. The molecule has 1 N–H and O–H groups in total. The Balaban J connectivity index is 1.93. The summed E-state index contributed by atoms with van der Waals surface area (Å²) >= 11 is 0. The van der Waals surface area contributed by atoms with Crippen LogP contribution in [0.3, 0.4) is 0 Å². The van der Waals surface area contributed by atoms with Crippen molar-refractivity contribution >= 4 is 11.6 Å². The van der Waals surface area contributed by atoms with E-state index in [1.54, 1.807) is 31.2 Å². The van der Waals surface area contributed by atoms with Crippen molar-refractivity contribution in [2.75, 3.05) is 26.0 Å². The Kier molecular flexibility index (Phi) is 5.57. The normalized spacial score (nSPS) is 10.3. The van der Waals surface area contributed by atoms with E-state index in [4.69, 9.17) is 4.74 Å². The third kappa shape index (κ3) is 4.71. The number of hydrogen-bond donors (Lipinski definition) is 1. The Morgan fingerprint density at radius 3 is 2.57 bits per heavy atom. The van der Waals surface area contributed by atoms with Crippen LogP contribution in [0.4, 0.5) is 10.1 Å². The molecule has 0 atom stereocenters. The molecular weight excluding hydrogens is 295 g/mol. The van der Waals surface area contributed by atoms with Gasteiger partial charge in [0.05, 0.1) is 19.3 Å². The van der Waals surface area contributed by atoms with Gasteiger partial charge < -0.3 is 15.0 Å². The molecule has 0 aliphatic rings. The molecule has 0 unspecified atom stereocenters. The van der Waals surface area contributed by atoms with E-state index in [9.17, 15) is 9.18 Å². The predicted molar refractivity (Wildman–Crippen MR) is 89.1 cm³/mol. The minimum absolute atomic E-state index is 0.0575. The Morgan fingerprint density at radius 1 is 1.22 bits per heavy atom. The molecule has 0 aromatic heterocycles. The van der Waals surface area contributed by atoms with Crippen molar-refractivity contribution in [3.63, 3.8) is 0 Å². The highest BCUT2D eigenvalue weighted by Crippen LogP contribution is 2.24. The topological polar surface area (TPSA) is 41.6 Å². The number of rotatable bonds is 6. The minimum atomic E-state index is -0.282. The Hall–Kier alpha value is -2.56. The first-order valence-corrected chi connectivity index (χ1v) is 7.36. The number of hydrogen-bond acceptors (Lipinski definition) is 3. The van der Waals surface area contributed by atoms with Crippen LogP contribution in [0, 0.1) is 12.7 Å². The van der Waals surface area contributed by atoms with Crippen molar-refractivity contribution in [3.05, 3.63) is 59.4 Å². The van der Waals surface area contributed by atoms with E-state index in [1.807, 2.05) is 25.1 Å². The van der Waals surface area contributed by atoms with E-state index < -0.39 is 0 Å². The number of ether oxygens (including phenoxy) is 1. The van der Waals surface area contributed by atoms with E-state index in [-0.39, 0.29) is 18.3 Å². The Bertz CT molecular complexity index is 671. The first-order chi connectivity index (χ1) is 11.0. The number of nitrogens with zero attached hydrogens (tertiary/aromatic N) is 1. The monoisotopic (exact) mass is 316 g/mol. The summed E-state index contributed by atoms with van der Waals surface area (Å²) in [7, 11) is 3.32. The summed E-state index contributed by atoms with van der Waals surface area (Å²) in [5.74, 6) is 0.360. The number of halogens is 1. The lowest BCUT2D eigenvalue weighted by molar-refractivity contribution is -0.128. The van der Waals surface area contributed by atoms with Crippen molar-refractivity contribution in [3.8, 4) is 5.75 Å². The summed E-state index contributed by atoms with van der Waals surface area (Å²) in [4.78, 5) is 13.8. The molecule has 122 valence electrons. The molecule has 2 aromatic carbocycles. The smallest absolute Gasteiger partial charge is 0.241 e. The summed E-state index contributed by atoms with van der Waals surface area (Å²) in [6.45, 7) is 2.58. The van der Waals surface area contributed by atoms with E-state index in [2.05, 4.69) is 5.32 Å². The van der Waals surface area contributed by atoms with Gasteiger partial charge in [0.1, 0.15) is 11.6 Å². The third-order valence-electron chi connectivity index (χ3n) is 3.54. The second kappa shape index (κ2) is 7.63. The van der Waals surface area contributed by atoms with Crippen LogP contribution in [0.1, 0.15) is 11.1 Å². The summed E-state index contributed by atoms with van der Waals surface area (Å²) in [5.41, 5.74) is 2.76. The van der Waals surface area contributed by atoms with E-state index >= 15 is 0 Å². The van der Waals surface area contributed by atoms with Crippen LogP contribution in [-0.2, 0) is 11.3 Å². The number of carbonyl (C=O) groups excluding carboxylic acids is 1. The van der Waals surface area contributed by atoms with Crippen LogP contribution in [0.5, 0.6) is 5.75 Å². The zero-order valence-electron chi connectivity index (χ0n) is 13.6. The van der Waals surface area contributed by atoms with Crippen LogP contribution in [0.2, 0.25) is 0 Å². The van der Waals surface area contributed by atoms with Gasteiger partial charge in [-0.25, -0.2) is 4.39 Å². The SMILES string of the molecule is COc1ccc(C)cc1NCC(=O)N(C)Cc1ccc(F)cc1. The molecular formula is C18H21FN2O2. The lowest BCUT2D eigenvalue weighted by atomic mass is 10.2. The molecule has 23 heavy (non-hydrogen) atoms. The molecule has 0 radical (unpaired) electrons. The van der Waals surface area contributed by atoms with Gasteiger partial charge in [0.15, 0.2) is 0 Å². The van der Waals surface area contributed by atoms with Gasteiger partial charge in [-0.2, -0.15) is 0 Å². The fraction of sp³-hybridized carbons (Fsp3) is 0.278. The van der Waals surface area contributed by atoms with E-state index in [0.717, 1.165) is 16.8 Å². The lowest BCUT2D eigenvalue weighted by Gasteiger charge is -2.19. The Labute approximate surface area is 135 Å². The fourth-order valence-corrected chi connectivity index (χ4v) is 2.22. The van der Waals surface area contributed by atoms with Crippen molar-refractivity contribution in [2.24, 2.45) is 0 Å². The molecule has 0 saturated carbocycles. The number of anilines is 1. The van der Waals surface area contributed by atoms with E-state index in [0.29, 0.717) is 12.3 Å². The molecule has 2 rings (SSSR count). The van der Waals surface area contributed by atoms with Gasteiger partial charge in [0, 0.05) is 13.6 Å². The number of likely N-dealkylation sites (N-methyl/N-ethyl adjacent to an activating group) is 1. The number of amides is 1. The van der Waals surface area contributed by atoms with Crippen LogP contribution in [0.15, 0.2) is 42.5 Å². The molecule has 0 fully saturated rings. The summed E-state index contributed by atoms with van der Waals surface area (Å²) < 4.78 is 18.2. The van der Waals surface area contributed by atoms with Gasteiger partial charge in [-0.1, -0.05) is 18.2 Å². The molecule has 0 bridgehead atoms. The second-order valence-electron chi connectivity index (χ2n) is 5.43. The van der Waals surface area contributed by atoms with Crippen LogP contribution in [0.25, 0.3) is 0 Å². The van der Waals surface area contributed by atoms with Gasteiger partial charge >= 0.3 is 0 Å². The first-order valence-electron chi connectivity index (χ1n) is 7.36. The standard InChI is InChI=1S/C18H21FN2O2/c1-13-4-9-17(23-3)16(10-13)20-11-18(22)21(2)12-14-5-7-15(19)8-6-14/h4-10,20H,11-12H2,1-3H3. The molecule has 0 spiro atoms. The highest BCUT2D eigenvalue weighted by molar-refractivity contribution is 5.81. The molecule has 2 aromatic rings. The maximum Gasteiger partial charge on any atom is 0.241 e. The van der Waals surface area contributed by atoms with Crippen molar-refractivity contribution in [1.82, 2.24) is 4.90 Å². The average Bonchev–Trinajstić information content (AvgIpc) is 2.54. The van der Waals surface area contributed by atoms with Gasteiger partial charge in [0.25, 0.3) is 0 Å². The number of benzene rings is 2. The van der Waals surface area contributed by atoms with Crippen LogP contribution in [-0.4, -0.2) is 31.5 Å². The van der Waals surface area contributed by atoms with Crippen molar-refractivity contribution in [1.29, 1.82) is 0 Å². The van der Waals surface area contributed by atoms with Crippen LogP contribution >= 0.6 is 0 Å². The molecule has 0 aliphatic carbocycles. The molecule has 0 heterocycles. The lowest BCUT2D eigenvalue weighted by Crippen LogP contribution is -2.31. The minimum Gasteiger partial charge on any atom is -0.495 e. The Morgan fingerprint density at radius 2 is 1.91 bits per heavy atom. The van der Waals surface area contributed by atoms with Gasteiger partial charge in [-0.15, -0.1) is 0 Å². The highest BCUT2D eigenvalue weighted by atomic mass is 19.1. The number of nitrogens with one attached hydrogen (secondary N) is 1. The van der Waals surface area contributed by atoms with Gasteiger partial charge in [-0.05, 0) is 42.3 Å². The highest BCUT2D eigenvalue weighted by Gasteiger charge is 2.11. The first kappa shape index (κ1) is 16.8. The van der Waals surface area contributed by atoms with E-state index in [1.165, 1.54) is 12.1 Å². The number of methoxy groups -OCH3 is 1. The van der Waals surface area contributed by atoms with Crippen molar-refractivity contribution < 1.29 is 13.9 Å². The second-order valence-corrected chi connectivity index (χ2v) is 5.43. The third-order valence-corrected chi connectivity index (χ3v) is 3.54. The quantitative estimate of drug-likeness (QED) is 0.890. The summed E-state index contributed by atoms with van der Waals surface area (Å²) in [5, 5.41) is 3.10. The summed E-state index contributed by atoms with van der Waals surface area (Å²) in [6.07, 6.45) is 0. The zero-order valence-corrected chi connectivity index (χ0v) is 13.6. The maximum absolute atomic E-state index is 12.9. The maximum atomic E-state index is 12.9. The fourth-order valence-electron chi connectivity index (χ4n) is 2.22. The number of carbonyl (C=O) groups is 1. The zero-order chi connectivity index (χ0) is 16.8. The molecule has 5 heteroatoms. The van der Waals surface area contributed by atoms with Crippen molar-refractivity contribution in [2.45, 2.75) is 13.5 Å². The largest absolute Gasteiger partial charge is 0.495 e. The molecule has 4 nitrogen and oxygen atoms in total. The number of aryl methyl sites for hydroxylation is 1. The van der Waals surface area contributed by atoms with Gasteiger partial charge in [0.2, 0.25) is 5.91 Å². The van der Waals surface area contributed by atoms with Crippen LogP contribution < -0.4 is 10.1 Å².